The Labute approximate surface area is 141 Å². The highest BCUT2D eigenvalue weighted by atomic mass is 16.4. The molecule has 0 aliphatic heterocycles. The second-order valence-electron chi connectivity index (χ2n) is 5.68. The molecule has 0 fully saturated rings. The lowest BCUT2D eigenvalue weighted by Gasteiger charge is -2.29. The maximum atomic E-state index is 12.7. The number of hydrogen-bond acceptors (Lipinski definition) is 3. The zero-order valence-corrected chi connectivity index (χ0v) is 13.8. The number of hydrogen-bond donors (Lipinski definition) is 1. The molecule has 0 spiro atoms. The minimum Gasteiger partial charge on any atom is -0.480 e. The van der Waals surface area contributed by atoms with Crippen molar-refractivity contribution >= 4 is 11.9 Å². The van der Waals surface area contributed by atoms with Crippen molar-refractivity contribution in [1.29, 1.82) is 0 Å². The number of benzene rings is 1. The van der Waals surface area contributed by atoms with E-state index in [1.165, 1.54) is 22.2 Å². The molecule has 0 radical (unpaired) electrons. The number of nitrogens with zero attached hydrogens (tertiary/aromatic N) is 3. The second kappa shape index (κ2) is 8.86. The number of unbranched alkanes of at least 4 members (excludes halogenated alkanes) is 2. The molecule has 1 aromatic carbocycles. The van der Waals surface area contributed by atoms with Crippen molar-refractivity contribution < 1.29 is 14.7 Å². The Kier molecular flexibility index (Phi) is 6.54. The van der Waals surface area contributed by atoms with Gasteiger partial charge in [0.1, 0.15) is 6.33 Å². The molecule has 1 N–H and O–H groups in total. The fourth-order valence-electron chi connectivity index (χ4n) is 2.60. The first-order chi connectivity index (χ1) is 11.6. The van der Waals surface area contributed by atoms with Crippen LogP contribution in [0.3, 0.4) is 0 Å². The van der Waals surface area contributed by atoms with Gasteiger partial charge < -0.3 is 5.11 Å². The molecule has 2 aromatic rings. The summed E-state index contributed by atoms with van der Waals surface area (Å²) in [7, 11) is 0. The predicted octanol–water partition coefficient (Wildman–Crippen LogP) is 2.62. The molecule has 0 bridgehead atoms. The first-order valence-corrected chi connectivity index (χ1v) is 8.20. The van der Waals surface area contributed by atoms with E-state index in [1.807, 2.05) is 30.3 Å². The molecule has 128 valence electrons. The number of carbonyl (C=O) groups is 2. The third-order valence-corrected chi connectivity index (χ3v) is 3.84. The van der Waals surface area contributed by atoms with E-state index in [2.05, 4.69) is 11.9 Å². The zero-order chi connectivity index (χ0) is 17.4. The Balaban J connectivity index is 2.24. The van der Waals surface area contributed by atoms with Gasteiger partial charge in [0.15, 0.2) is 6.04 Å². The number of imidazole rings is 1. The van der Waals surface area contributed by atoms with E-state index in [9.17, 15) is 14.7 Å². The van der Waals surface area contributed by atoms with Crippen LogP contribution in [0.25, 0.3) is 0 Å². The summed E-state index contributed by atoms with van der Waals surface area (Å²) in [4.78, 5) is 28.5. The number of aliphatic carboxylic acids is 1. The van der Waals surface area contributed by atoms with E-state index in [0.717, 1.165) is 24.8 Å². The fraction of sp³-hybridized carbons (Fsp3) is 0.389. The fourth-order valence-corrected chi connectivity index (χ4v) is 2.60. The van der Waals surface area contributed by atoms with Gasteiger partial charge in [0.2, 0.25) is 5.91 Å². The second-order valence-corrected chi connectivity index (χ2v) is 5.68. The van der Waals surface area contributed by atoms with Crippen molar-refractivity contribution in [1.82, 2.24) is 9.66 Å². The number of carboxylic acids is 1. The molecule has 0 aliphatic rings. The van der Waals surface area contributed by atoms with Crippen molar-refractivity contribution in [3.8, 4) is 0 Å². The van der Waals surface area contributed by atoms with Crippen molar-refractivity contribution in [3.63, 3.8) is 0 Å². The van der Waals surface area contributed by atoms with Crippen LogP contribution in [0.5, 0.6) is 0 Å². The van der Waals surface area contributed by atoms with Gasteiger partial charge in [-0.2, -0.15) is 0 Å². The molecule has 1 atom stereocenters. The quantitative estimate of drug-likeness (QED) is 0.718. The van der Waals surface area contributed by atoms with Crippen LogP contribution in [0.15, 0.2) is 49.1 Å². The Morgan fingerprint density at radius 2 is 2.00 bits per heavy atom. The average molecular weight is 329 g/mol. The summed E-state index contributed by atoms with van der Waals surface area (Å²) in [6.07, 6.45) is 7.85. The molecule has 0 saturated carbocycles. The summed E-state index contributed by atoms with van der Waals surface area (Å²) in [5.41, 5.74) is 0.872. The predicted molar refractivity (Wildman–Crippen MR) is 91.2 cm³/mol. The highest BCUT2D eigenvalue weighted by Crippen LogP contribution is 2.12. The van der Waals surface area contributed by atoms with E-state index in [1.54, 1.807) is 6.20 Å². The molecule has 2 rings (SSSR count). The molecule has 0 unspecified atom stereocenters. The zero-order valence-electron chi connectivity index (χ0n) is 13.8. The van der Waals surface area contributed by atoms with Crippen LogP contribution < -0.4 is 5.01 Å². The lowest BCUT2D eigenvalue weighted by molar-refractivity contribution is -0.141. The summed E-state index contributed by atoms with van der Waals surface area (Å²) in [6.45, 7) is 2.06. The maximum Gasteiger partial charge on any atom is 0.328 e. The molecular weight excluding hydrogens is 306 g/mol. The number of carboxylic acid groups (broad SMARTS) is 1. The summed E-state index contributed by atoms with van der Waals surface area (Å²) in [5.74, 6) is -1.24. The third-order valence-electron chi connectivity index (χ3n) is 3.84. The van der Waals surface area contributed by atoms with Crippen LogP contribution in [0.2, 0.25) is 0 Å². The number of aromatic nitrogens is 2. The Hall–Kier alpha value is -2.63. The van der Waals surface area contributed by atoms with Crippen LogP contribution in [-0.2, 0) is 16.0 Å². The Bertz CT molecular complexity index is 641. The minimum atomic E-state index is -1.03. The first-order valence-electron chi connectivity index (χ1n) is 8.20. The molecule has 24 heavy (non-hydrogen) atoms. The van der Waals surface area contributed by atoms with Gasteiger partial charge in [-0.25, -0.2) is 19.5 Å². The van der Waals surface area contributed by atoms with Crippen molar-refractivity contribution in [2.24, 2.45) is 0 Å². The monoisotopic (exact) mass is 329 g/mol. The first kappa shape index (κ1) is 17.7. The van der Waals surface area contributed by atoms with Gasteiger partial charge in [0.25, 0.3) is 0 Å². The average Bonchev–Trinajstić information content (AvgIpc) is 3.09. The minimum absolute atomic E-state index is 0.204. The van der Waals surface area contributed by atoms with Gasteiger partial charge in [0, 0.05) is 25.2 Å². The molecule has 0 saturated heterocycles. The largest absolute Gasteiger partial charge is 0.480 e. The molecule has 6 heteroatoms. The van der Waals surface area contributed by atoms with Gasteiger partial charge in [-0.15, -0.1) is 0 Å². The van der Waals surface area contributed by atoms with Crippen LogP contribution in [0.1, 0.15) is 38.2 Å². The Morgan fingerprint density at radius 3 is 2.58 bits per heavy atom. The maximum absolute atomic E-state index is 12.7. The van der Waals surface area contributed by atoms with Crippen molar-refractivity contribution in [2.75, 3.05) is 5.01 Å². The van der Waals surface area contributed by atoms with Crippen LogP contribution in [0, 0.1) is 0 Å². The van der Waals surface area contributed by atoms with Gasteiger partial charge in [-0.1, -0.05) is 50.1 Å². The van der Waals surface area contributed by atoms with Gasteiger partial charge in [0.05, 0.1) is 0 Å². The molecule has 1 aromatic heterocycles. The molecule has 6 nitrogen and oxygen atoms in total. The molecule has 1 heterocycles. The smallest absolute Gasteiger partial charge is 0.328 e. The van der Waals surface area contributed by atoms with Gasteiger partial charge >= 0.3 is 5.97 Å². The number of rotatable bonds is 9. The van der Waals surface area contributed by atoms with E-state index in [-0.39, 0.29) is 12.3 Å². The lowest BCUT2D eigenvalue weighted by Crippen LogP contribution is -2.52. The van der Waals surface area contributed by atoms with E-state index in [0.29, 0.717) is 6.42 Å². The highest BCUT2D eigenvalue weighted by molar-refractivity contribution is 5.92. The van der Waals surface area contributed by atoms with Crippen LogP contribution >= 0.6 is 0 Å². The SMILES string of the molecule is CCCCCC(=O)N([C@@H](Cc1ccccc1)C(=O)O)n1ccnc1. The van der Waals surface area contributed by atoms with E-state index in [4.69, 9.17) is 0 Å². The normalized spacial score (nSPS) is 11.9. The molecule has 0 aliphatic carbocycles. The standard InChI is InChI=1S/C18H23N3O3/c1-2-3-5-10-17(22)21(20-12-11-19-14-20)16(18(23)24)13-15-8-6-4-7-9-15/h4,6-9,11-12,14,16H,2-3,5,10,13H2,1H3,(H,23,24)/t16-/m0/s1. The summed E-state index contributed by atoms with van der Waals surface area (Å²) in [6, 6.07) is 8.35. The third kappa shape index (κ3) is 4.68. The van der Waals surface area contributed by atoms with Crippen LogP contribution in [-0.4, -0.2) is 32.7 Å². The molecule has 1 amide bonds. The van der Waals surface area contributed by atoms with Gasteiger partial charge in [-0.3, -0.25) is 4.79 Å². The van der Waals surface area contributed by atoms with Crippen LogP contribution in [0.4, 0.5) is 0 Å². The summed E-state index contributed by atoms with van der Waals surface area (Å²) in [5, 5.41) is 11.0. The molecular formula is C18H23N3O3. The van der Waals surface area contributed by atoms with Gasteiger partial charge in [-0.05, 0) is 12.0 Å². The lowest BCUT2D eigenvalue weighted by atomic mass is 10.0. The summed E-state index contributed by atoms with van der Waals surface area (Å²) < 4.78 is 1.47. The summed E-state index contributed by atoms with van der Waals surface area (Å²) >= 11 is 0. The van der Waals surface area contributed by atoms with Crippen molar-refractivity contribution in [2.45, 2.75) is 45.1 Å². The number of carbonyl (C=O) groups excluding carboxylic acids is 1. The van der Waals surface area contributed by atoms with E-state index >= 15 is 0 Å². The van der Waals surface area contributed by atoms with E-state index < -0.39 is 12.0 Å². The Morgan fingerprint density at radius 1 is 1.25 bits per heavy atom. The topological polar surface area (TPSA) is 75.4 Å². The highest BCUT2D eigenvalue weighted by Gasteiger charge is 2.31. The number of amides is 1. The van der Waals surface area contributed by atoms with Crippen molar-refractivity contribution in [3.05, 3.63) is 54.6 Å².